The Morgan fingerprint density at radius 2 is 1.71 bits per heavy atom. The first-order valence-corrected chi connectivity index (χ1v) is 9.48. The Morgan fingerprint density at radius 3 is 2.50 bits per heavy atom. The lowest BCUT2D eigenvalue weighted by Crippen LogP contribution is -2.51. The number of hydrogen-bond donors (Lipinski definition) is 1. The molecule has 2 unspecified atom stereocenters. The highest BCUT2D eigenvalue weighted by molar-refractivity contribution is 5.82. The van der Waals surface area contributed by atoms with Crippen molar-refractivity contribution < 1.29 is 19.4 Å². The van der Waals surface area contributed by atoms with Crippen molar-refractivity contribution in [1.82, 2.24) is 4.90 Å². The topological polar surface area (TPSA) is 59.0 Å². The second kappa shape index (κ2) is 8.31. The summed E-state index contributed by atoms with van der Waals surface area (Å²) < 4.78 is 12.3. The first kappa shape index (κ1) is 18.3. The summed E-state index contributed by atoms with van der Waals surface area (Å²) in [6.45, 7) is 1.17. The van der Waals surface area contributed by atoms with Crippen LogP contribution in [0, 0.1) is 0 Å². The molecule has 0 radical (unpaired) electrons. The summed E-state index contributed by atoms with van der Waals surface area (Å²) in [5.74, 6) is 0.774. The van der Waals surface area contributed by atoms with Crippen LogP contribution in [0.1, 0.15) is 12.0 Å². The van der Waals surface area contributed by atoms with E-state index in [2.05, 4.69) is 24.3 Å². The summed E-state index contributed by atoms with van der Waals surface area (Å²) in [6.07, 6.45) is -0.823. The van der Waals surface area contributed by atoms with Crippen LogP contribution in [0.15, 0.2) is 72.8 Å². The maximum Gasteiger partial charge on any atom is 0.407 e. The molecule has 3 aromatic rings. The molecule has 4 rings (SSSR count). The van der Waals surface area contributed by atoms with Crippen molar-refractivity contribution in [3.63, 3.8) is 0 Å². The van der Waals surface area contributed by atoms with Crippen molar-refractivity contribution in [3.05, 3.63) is 78.4 Å². The van der Waals surface area contributed by atoms with E-state index in [0.717, 1.165) is 16.7 Å². The van der Waals surface area contributed by atoms with Gasteiger partial charge in [0.15, 0.2) is 0 Å². The summed E-state index contributed by atoms with van der Waals surface area (Å²) in [7, 11) is 0. The van der Waals surface area contributed by atoms with Crippen LogP contribution >= 0.6 is 0 Å². The normalized spacial score (nSPS) is 19.5. The van der Waals surface area contributed by atoms with E-state index < -0.39 is 6.09 Å². The lowest BCUT2D eigenvalue weighted by Gasteiger charge is -2.37. The van der Waals surface area contributed by atoms with Gasteiger partial charge in [-0.15, -0.1) is 0 Å². The molecule has 28 heavy (non-hydrogen) atoms. The van der Waals surface area contributed by atoms with Gasteiger partial charge in [-0.3, -0.25) is 0 Å². The van der Waals surface area contributed by atoms with E-state index in [0.29, 0.717) is 26.1 Å². The number of benzene rings is 3. The van der Waals surface area contributed by atoms with Gasteiger partial charge < -0.3 is 19.5 Å². The smallest absolute Gasteiger partial charge is 0.407 e. The van der Waals surface area contributed by atoms with Gasteiger partial charge in [0, 0.05) is 13.0 Å². The van der Waals surface area contributed by atoms with Crippen molar-refractivity contribution in [2.45, 2.75) is 25.2 Å². The summed E-state index contributed by atoms with van der Waals surface area (Å²) in [5.41, 5.74) is 1.06. The number of ether oxygens (including phenoxy) is 2. The predicted octanol–water partition coefficient (Wildman–Crippen LogP) is 4.56. The number of amides is 1. The molecule has 0 aliphatic carbocycles. The molecule has 2 atom stereocenters. The molecule has 0 saturated carbocycles. The number of carboxylic acid groups (broad SMARTS) is 1. The minimum atomic E-state index is -0.919. The quantitative estimate of drug-likeness (QED) is 0.708. The maximum absolute atomic E-state index is 11.4. The summed E-state index contributed by atoms with van der Waals surface area (Å²) in [5, 5.41) is 11.7. The third-order valence-corrected chi connectivity index (χ3v) is 5.08. The van der Waals surface area contributed by atoms with Gasteiger partial charge in [-0.05, 0) is 34.5 Å². The molecule has 144 valence electrons. The van der Waals surface area contributed by atoms with Crippen LogP contribution in [0.2, 0.25) is 0 Å². The van der Waals surface area contributed by atoms with E-state index in [9.17, 15) is 9.90 Å². The van der Waals surface area contributed by atoms with Gasteiger partial charge in [0.2, 0.25) is 0 Å². The Morgan fingerprint density at radius 1 is 0.964 bits per heavy atom. The number of fused-ring (bicyclic) bond motifs is 1. The zero-order chi connectivity index (χ0) is 19.3. The lowest BCUT2D eigenvalue weighted by atomic mass is 10.0. The summed E-state index contributed by atoms with van der Waals surface area (Å²) >= 11 is 0. The van der Waals surface area contributed by atoms with Gasteiger partial charge in [0.25, 0.3) is 0 Å². The lowest BCUT2D eigenvalue weighted by molar-refractivity contribution is -0.0714. The molecule has 3 aromatic carbocycles. The molecule has 5 heteroatoms. The highest BCUT2D eigenvalue weighted by atomic mass is 16.5. The van der Waals surface area contributed by atoms with Crippen LogP contribution < -0.4 is 4.74 Å². The van der Waals surface area contributed by atoms with Gasteiger partial charge >= 0.3 is 6.09 Å². The highest BCUT2D eigenvalue weighted by Gasteiger charge is 2.33. The van der Waals surface area contributed by atoms with Crippen LogP contribution in [-0.2, 0) is 11.3 Å². The van der Waals surface area contributed by atoms with Crippen molar-refractivity contribution in [2.75, 3.05) is 13.1 Å². The molecule has 1 saturated heterocycles. The minimum Gasteiger partial charge on any atom is -0.488 e. The number of likely N-dealkylation sites (tertiary alicyclic amines) is 1. The summed E-state index contributed by atoms with van der Waals surface area (Å²) in [6, 6.07) is 24.0. The molecular weight excluding hydrogens is 354 g/mol. The molecule has 1 aliphatic heterocycles. The Labute approximate surface area is 164 Å². The van der Waals surface area contributed by atoms with Crippen LogP contribution in [0.25, 0.3) is 10.8 Å². The zero-order valence-corrected chi connectivity index (χ0v) is 15.5. The average Bonchev–Trinajstić information content (AvgIpc) is 2.73. The van der Waals surface area contributed by atoms with Crippen molar-refractivity contribution in [3.8, 4) is 5.75 Å². The maximum atomic E-state index is 11.4. The Kier molecular flexibility index (Phi) is 5.44. The number of para-hydroxylation sites is 1. The number of rotatable bonds is 5. The molecule has 1 amide bonds. The molecule has 1 N–H and O–H groups in total. The van der Waals surface area contributed by atoms with Gasteiger partial charge in [-0.2, -0.15) is 0 Å². The Hall–Kier alpha value is -3.05. The van der Waals surface area contributed by atoms with E-state index in [1.165, 1.54) is 10.3 Å². The molecule has 1 heterocycles. The Balaban J connectivity index is 1.47. The first-order valence-electron chi connectivity index (χ1n) is 9.48. The first-order chi connectivity index (χ1) is 13.7. The molecule has 5 nitrogen and oxygen atoms in total. The van der Waals surface area contributed by atoms with Gasteiger partial charge in [-0.25, -0.2) is 4.79 Å². The van der Waals surface area contributed by atoms with Crippen LogP contribution in [0.3, 0.4) is 0 Å². The fourth-order valence-electron chi connectivity index (χ4n) is 3.57. The summed E-state index contributed by atoms with van der Waals surface area (Å²) in [4.78, 5) is 12.8. The second-order valence-electron chi connectivity index (χ2n) is 7.02. The number of nitrogens with zero attached hydrogens (tertiary/aromatic N) is 1. The van der Waals surface area contributed by atoms with Crippen LogP contribution in [0.4, 0.5) is 4.79 Å². The highest BCUT2D eigenvalue weighted by Crippen LogP contribution is 2.23. The minimum absolute atomic E-state index is 0.182. The van der Waals surface area contributed by atoms with E-state index in [4.69, 9.17) is 9.47 Å². The number of carbonyl (C=O) groups is 1. The monoisotopic (exact) mass is 377 g/mol. The van der Waals surface area contributed by atoms with E-state index in [1.54, 1.807) is 0 Å². The average molecular weight is 377 g/mol. The molecular formula is C23H23NO4. The van der Waals surface area contributed by atoms with Crippen molar-refractivity contribution >= 4 is 16.9 Å². The third-order valence-electron chi connectivity index (χ3n) is 5.08. The van der Waals surface area contributed by atoms with Gasteiger partial charge in [0.05, 0.1) is 13.2 Å². The zero-order valence-electron chi connectivity index (χ0n) is 15.5. The standard InChI is InChI=1S/C23H23NO4/c25-23(26)24-13-12-21(28-20-8-2-1-3-9-20)22(15-24)27-16-17-10-11-18-6-4-5-7-19(18)14-17/h1-11,14,21-22H,12-13,15-16H2,(H,25,26). The van der Waals surface area contributed by atoms with Crippen LogP contribution in [-0.4, -0.2) is 41.4 Å². The van der Waals surface area contributed by atoms with E-state index >= 15 is 0 Å². The van der Waals surface area contributed by atoms with Gasteiger partial charge in [0.1, 0.15) is 18.0 Å². The number of hydrogen-bond acceptors (Lipinski definition) is 3. The Bertz CT molecular complexity index is 943. The van der Waals surface area contributed by atoms with E-state index in [1.807, 2.05) is 48.5 Å². The SMILES string of the molecule is O=C(O)N1CCC(Oc2ccccc2)C(OCc2ccc3ccccc3c2)C1. The largest absolute Gasteiger partial charge is 0.488 e. The molecule has 0 bridgehead atoms. The van der Waals surface area contributed by atoms with Crippen molar-refractivity contribution in [1.29, 1.82) is 0 Å². The molecule has 0 spiro atoms. The molecule has 0 aromatic heterocycles. The second-order valence-corrected chi connectivity index (χ2v) is 7.02. The fraction of sp³-hybridized carbons (Fsp3) is 0.261. The molecule has 1 aliphatic rings. The van der Waals surface area contributed by atoms with E-state index in [-0.39, 0.29) is 12.2 Å². The third kappa shape index (κ3) is 4.26. The fourth-order valence-corrected chi connectivity index (χ4v) is 3.57. The van der Waals surface area contributed by atoms with Crippen molar-refractivity contribution in [2.24, 2.45) is 0 Å². The molecule has 1 fully saturated rings. The predicted molar refractivity (Wildman–Crippen MR) is 108 cm³/mol. The van der Waals surface area contributed by atoms with Crippen LogP contribution in [0.5, 0.6) is 5.75 Å². The van der Waals surface area contributed by atoms with Gasteiger partial charge in [-0.1, -0.05) is 54.6 Å². The number of piperidine rings is 1.